The minimum absolute atomic E-state index is 0.0374. The molecule has 3 aromatic rings. The zero-order valence-corrected chi connectivity index (χ0v) is 23.2. The minimum atomic E-state index is -0.733. The van der Waals surface area contributed by atoms with Gasteiger partial charge in [-0.1, -0.05) is 6.07 Å². The van der Waals surface area contributed by atoms with E-state index in [1.807, 2.05) is 12.1 Å². The van der Waals surface area contributed by atoms with E-state index in [9.17, 15) is 4.79 Å². The molecule has 0 saturated carbocycles. The quantitative estimate of drug-likeness (QED) is 0.334. The molecule has 11 nitrogen and oxygen atoms in total. The molecule has 3 unspecified atom stereocenters. The van der Waals surface area contributed by atoms with Gasteiger partial charge in [0.25, 0.3) is 0 Å². The van der Waals surface area contributed by atoms with Crippen LogP contribution in [0.4, 0.5) is 0 Å². The molecule has 0 bridgehead atoms. The number of carbonyl (C=O) groups excluding carboxylic acids is 1. The Kier molecular flexibility index (Phi) is 8.17. The number of esters is 1. The third-order valence-electron chi connectivity index (χ3n) is 7.00. The fourth-order valence-electron chi connectivity index (χ4n) is 5.15. The predicted molar refractivity (Wildman–Crippen MR) is 142 cm³/mol. The maximum Gasteiger partial charge on any atom is 0.339 e. The van der Waals surface area contributed by atoms with Crippen molar-refractivity contribution >= 4 is 16.7 Å². The maximum atomic E-state index is 13.5. The Hall–Kier alpha value is -3.77. The largest absolute Gasteiger partial charge is 0.493 e. The number of carbonyl (C=O) groups is 1. The summed E-state index contributed by atoms with van der Waals surface area (Å²) < 4.78 is 56.7. The van der Waals surface area contributed by atoms with Crippen molar-refractivity contribution in [2.24, 2.45) is 0 Å². The average molecular weight is 557 g/mol. The van der Waals surface area contributed by atoms with Crippen molar-refractivity contribution in [3.8, 4) is 39.9 Å². The first-order valence-electron chi connectivity index (χ1n) is 12.6. The Balaban J connectivity index is 1.82. The molecule has 1 saturated heterocycles. The van der Waals surface area contributed by atoms with Gasteiger partial charge in [0.05, 0.1) is 33.5 Å². The number of rotatable bonds is 10. The van der Waals surface area contributed by atoms with E-state index in [-0.39, 0.29) is 25.1 Å². The molecule has 40 heavy (non-hydrogen) atoms. The minimum Gasteiger partial charge on any atom is -0.493 e. The normalized spacial score (nSPS) is 19.6. The van der Waals surface area contributed by atoms with E-state index >= 15 is 0 Å². The second-order valence-electron chi connectivity index (χ2n) is 9.10. The molecule has 0 spiro atoms. The molecule has 1 fully saturated rings. The van der Waals surface area contributed by atoms with Crippen LogP contribution in [0.5, 0.6) is 28.7 Å². The topological polar surface area (TPSA) is 109 Å². The summed E-state index contributed by atoms with van der Waals surface area (Å²) in [6.45, 7) is 0.151. The third kappa shape index (κ3) is 4.86. The standard InChI is InChI=1S/C29H32O11/c1-31-13-18-26(28(30)35-5)25(15-7-8-19-22(9-15)38-14-37-19)16-10-20(32-2)21(33-3)11-17(16)27(18)39-24-12-23(34-4)29(36-6)40-24/h7-11,23-24,29H,12-14H2,1-6H3. The van der Waals surface area contributed by atoms with Gasteiger partial charge < -0.3 is 47.4 Å². The molecule has 5 rings (SSSR count). The Bertz CT molecular complexity index is 1390. The second kappa shape index (κ2) is 11.8. The number of fused-ring (bicyclic) bond motifs is 2. The maximum absolute atomic E-state index is 13.5. The van der Waals surface area contributed by atoms with E-state index in [0.717, 1.165) is 0 Å². The van der Waals surface area contributed by atoms with E-state index in [4.69, 9.17) is 47.4 Å². The predicted octanol–water partition coefficient (Wildman–Crippen LogP) is 4.30. The van der Waals surface area contributed by atoms with Crippen LogP contribution in [0.15, 0.2) is 30.3 Å². The van der Waals surface area contributed by atoms with Gasteiger partial charge in [-0.15, -0.1) is 0 Å². The molecule has 2 aliphatic heterocycles. The van der Waals surface area contributed by atoms with Crippen LogP contribution >= 0.6 is 0 Å². The van der Waals surface area contributed by atoms with Gasteiger partial charge >= 0.3 is 5.97 Å². The van der Waals surface area contributed by atoms with Crippen molar-refractivity contribution in [3.05, 3.63) is 41.5 Å². The SMILES string of the molecule is COCc1c(C(=O)OC)c(-c2ccc3c(c2)OCO3)c2cc(OC)c(OC)cc2c1OC1CC(OC)C(OC)O1. The lowest BCUT2D eigenvalue weighted by atomic mass is 9.88. The first-order chi connectivity index (χ1) is 19.5. The van der Waals surface area contributed by atoms with Crippen LogP contribution in [0.3, 0.4) is 0 Å². The van der Waals surface area contributed by atoms with Crippen LogP contribution in [0, 0.1) is 0 Å². The zero-order chi connectivity index (χ0) is 28.4. The van der Waals surface area contributed by atoms with Crippen LogP contribution < -0.4 is 23.7 Å². The van der Waals surface area contributed by atoms with Gasteiger partial charge in [0.15, 0.2) is 29.3 Å². The molecular weight excluding hydrogens is 524 g/mol. The van der Waals surface area contributed by atoms with Crippen LogP contribution in [-0.4, -0.2) is 74.1 Å². The highest BCUT2D eigenvalue weighted by Crippen LogP contribution is 2.48. The fraction of sp³-hybridized carbons (Fsp3) is 0.414. The molecule has 2 aliphatic rings. The summed E-state index contributed by atoms with van der Waals surface area (Å²) in [7, 11) is 9.09. The zero-order valence-electron chi connectivity index (χ0n) is 23.2. The lowest BCUT2D eigenvalue weighted by Crippen LogP contribution is -2.24. The molecule has 0 amide bonds. The van der Waals surface area contributed by atoms with Crippen molar-refractivity contribution < 1.29 is 52.2 Å². The number of methoxy groups -OCH3 is 6. The number of ether oxygens (including phenoxy) is 10. The second-order valence-corrected chi connectivity index (χ2v) is 9.10. The Morgan fingerprint density at radius 1 is 0.900 bits per heavy atom. The first kappa shape index (κ1) is 27.8. The molecule has 3 aromatic carbocycles. The molecular formula is C29H32O11. The summed E-state index contributed by atoms with van der Waals surface area (Å²) >= 11 is 0. The van der Waals surface area contributed by atoms with Crippen molar-refractivity contribution in [2.45, 2.75) is 31.7 Å². The van der Waals surface area contributed by atoms with Crippen LogP contribution in [0.2, 0.25) is 0 Å². The van der Waals surface area contributed by atoms with E-state index < -0.39 is 18.5 Å². The Labute approximate surface area is 231 Å². The van der Waals surface area contributed by atoms with Gasteiger partial charge in [-0.3, -0.25) is 0 Å². The monoisotopic (exact) mass is 556 g/mol. The van der Waals surface area contributed by atoms with E-state index in [1.54, 1.807) is 39.5 Å². The number of benzene rings is 3. The summed E-state index contributed by atoms with van der Waals surface area (Å²) in [6.07, 6.45) is -1.29. The smallest absolute Gasteiger partial charge is 0.339 e. The molecule has 0 radical (unpaired) electrons. The van der Waals surface area contributed by atoms with Gasteiger partial charge in [0.2, 0.25) is 13.1 Å². The van der Waals surface area contributed by atoms with Crippen LogP contribution in [0.25, 0.3) is 21.9 Å². The van der Waals surface area contributed by atoms with E-state index in [1.165, 1.54) is 21.3 Å². The van der Waals surface area contributed by atoms with Crippen LogP contribution in [-0.2, 0) is 30.3 Å². The van der Waals surface area contributed by atoms with Crippen LogP contribution in [0.1, 0.15) is 22.3 Å². The number of hydrogen-bond acceptors (Lipinski definition) is 11. The Morgan fingerprint density at radius 3 is 2.25 bits per heavy atom. The van der Waals surface area contributed by atoms with E-state index in [0.29, 0.717) is 62.6 Å². The number of hydrogen-bond donors (Lipinski definition) is 0. The third-order valence-corrected chi connectivity index (χ3v) is 7.00. The molecule has 214 valence electrons. The van der Waals surface area contributed by atoms with Gasteiger partial charge in [0, 0.05) is 44.3 Å². The summed E-state index contributed by atoms with van der Waals surface area (Å²) in [5, 5.41) is 1.29. The lowest BCUT2D eigenvalue weighted by molar-refractivity contribution is -0.186. The van der Waals surface area contributed by atoms with Crippen molar-refractivity contribution in [1.29, 1.82) is 0 Å². The molecule has 0 N–H and O–H groups in total. The lowest BCUT2D eigenvalue weighted by Gasteiger charge is -2.24. The van der Waals surface area contributed by atoms with Gasteiger partial charge in [-0.25, -0.2) is 4.79 Å². The van der Waals surface area contributed by atoms with E-state index in [2.05, 4.69) is 0 Å². The Morgan fingerprint density at radius 2 is 1.62 bits per heavy atom. The van der Waals surface area contributed by atoms with Gasteiger partial charge in [-0.2, -0.15) is 0 Å². The van der Waals surface area contributed by atoms with Gasteiger partial charge in [0.1, 0.15) is 11.9 Å². The summed E-state index contributed by atoms with van der Waals surface area (Å²) in [6, 6.07) is 9.08. The molecule has 3 atom stereocenters. The first-order valence-corrected chi connectivity index (χ1v) is 12.6. The fourth-order valence-corrected chi connectivity index (χ4v) is 5.15. The highest BCUT2D eigenvalue weighted by molar-refractivity contribution is 6.13. The van der Waals surface area contributed by atoms with Crippen molar-refractivity contribution in [3.63, 3.8) is 0 Å². The summed E-state index contributed by atoms with van der Waals surface area (Å²) in [5.41, 5.74) is 2.02. The average Bonchev–Trinajstić information content (AvgIpc) is 3.62. The van der Waals surface area contributed by atoms with Crippen molar-refractivity contribution in [2.75, 3.05) is 49.5 Å². The molecule has 0 aliphatic carbocycles. The summed E-state index contributed by atoms with van der Waals surface area (Å²) in [5.74, 6) is 1.92. The highest BCUT2D eigenvalue weighted by Gasteiger charge is 2.38. The van der Waals surface area contributed by atoms with Crippen molar-refractivity contribution in [1.82, 2.24) is 0 Å². The molecule has 2 heterocycles. The molecule has 0 aromatic heterocycles. The highest BCUT2D eigenvalue weighted by atomic mass is 16.8. The molecule has 11 heteroatoms. The van der Waals surface area contributed by atoms with Gasteiger partial charge in [-0.05, 0) is 35.2 Å². The summed E-state index contributed by atoms with van der Waals surface area (Å²) in [4.78, 5) is 13.5.